The van der Waals surface area contributed by atoms with E-state index in [4.69, 9.17) is 5.11 Å². The molecular weight excluding hydrogens is 195 g/mol. The van der Waals surface area contributed by atoms with E-state index in [2.05, 4.69) is 0 Å². The van der Waals surface area contributed by atoms with Crippen molar-refractivity contribution in [1.29, 1.82) is 0 Å². The number of carboxylic acid groups (broad SMARTS) is 1. The summed E-state index contributed by atoms with van der Waals surface area (Å²) in [5.41, 5.74) is 0. The maximum Gasteiger partial charge on any atom is 0.328 e. The highest BCUT2D eigenvalue weighted by molar-refractivity contribution is 14.1. The van der Waals surface area contributed by atoms with Crippen LogP contribution in [-0.2, 0) is 4.79 Å². The third-order valence-corrected chi connectivity index (χ3v) is 0.565. The van der Waals surface area contributed by atoms with Gasteiger partial charge in [0.1, 0.15) is 0 Å². The van der Waals surface area contributed by atoms with Crippen LogP contribution >= 0.6 is 22.6 Å². The van der Waals surface area contributed by atoms with Crippen molar-refractivity contribution in [3.8, 4) is 0 Å². The lowest BCUT2D eigenvalue weighted by atomic mass is 10.7. The van der Waals surface area contributed by atoms with Crippen LogP contribution in [0.25, 0.3) is 0 Å². The van der Waals surface area contributed by atoms with Gasteiger partial charge in [-0.05, 0) is 4.08 Å². The maximum atomic E-state index is 9.51. The average Bonchev–Trinajstić information content (AvgIpc) is 1.35. The molecule has 2 nitrogen and oxygen atoms in total. The highest BCUT2D eigenvalue weighted by atomic mass is 127. The largest absolute Gasteiger partial charge is 0.478 e. The molecule has 0 bridgehead atoms. The Morgan fingerprint density at radius 3 is 2.33 bits per heavy atom. The summed E-state index contributed by atoms with van der Waals surface area (Å²) < 4.78 is 1.44. The van der Waals surface area contributed by atoms with Gasteiger partial charge in [0.25, 0.3) is 0 Å². The van der Waals surface area contributed by atoms with Crippen LogP contribution < -0.4 is 0 Å². The molecular formula is C3H3IO2. The first-order valence-corrected chi connectivity index (χ1v) is 2.51. The summed E-state index contributed by atoms with van der Waals surface area (Å²) in [6.45, 7) is 0. The third kappa shape index (κ3) is 3.94. The van der Waals surface area contributed by atoms with E-state index < -0.39 is 5.97 Å². The van der Waals surface area contributed by atoms with E-state index in [-0.39, 0.29) is 0 Å². The summed E-state index contributed by atoms with van der Waals surface area (Å²) >= 11 is 1.84. The Kier molecular flexibility index (Phi) is 3.11. The first kappa shape index (κ1) is 5.94. The van der Waals surface area contributed by atoms with Gasteiger partial charge in [-0.25, -0.2) is 4.79 Å². The van der Waals surface area contributed by atoms with Gasteiger partial charge >= 0.3 is 5.97 Å². The van der Waals surface area contributed by atoms with Crippen LogP contribution in [0, 0.1) is 0 Å². The lowest BCUT2D eigenvalue weighted by Crippen LogP contribution is -1.83. The maximum absolute atomic E-state index is 9.51. The predicted molar refractivity (Wildman–Crippen MR) is 30.8 cm³/mol. The third-order valence-electron chi connectivity index (χ3n) is 0.206. The number of carbonyl (C=O) groups is 1. The van der Waals surface area contributed by atoms with Gasteiger partial charge in [0, 0.05) is 6.08 Å². The molecule has 0 aliphatic carbocycles. The first-order chi connectivity index (χ1) is 2.77. The van der Waals surface area contributed by atoms with Gasteiger partial charge in [-0.2, -0.15) is 0 Å². The smallest absolute Gasteiger partial charge is 0.328 e. The van der Waals surface area contributed by atoms with E-state index in [0.29, 0.717) is 0 Å². The molecule has 0 aromatic heterocycles. The van der Waals surface area contributed by atoms with Crippen LogP contribution in [0.4, 0.5) is 0 Å². The van der Waals surface area contributed by atoms with Crippen LogP contribution in [0.3, 0.4) is 0 Å². The molecule has 3 heteroatoms. The van der Waals surface area contributed by atoms with Crippen molar-refractivity contribution in [2.75, 3.05) is 0 Å². The summed E-state index contributed by atoms with van der Waals surface area (Å²) in [7, 11) is 0. The first-order valence-electron chi connectivity index (χ1n) is 1.27. The van der Waals surface area contributed by atoms with Gasteiger partial charge in [-0.15, -0.1) is 0 Å². The Morgan fingerprint density at radius 2 is 2.33 bits per heavy atom. The van der Waals surface area contributed by atoms with E-state index in [1.807, 2.05) is 22.6 Å². The minimum Gasteiger partial charge on any atom is -0.478 e. The van der Waals surface area contributed by atoms with E-state index in [1.165, 1.54) is 4.08 Å². The van der Waals surface area contributed by atoms with Crippen LogP contribution in [0.2, 0.25) is 0 Å². The topological polar surface area (TPSA) is 37.3 Å². The molecule has 0 spiro atoms. The van der Waals surface area contributed by atoms with Gasteiger partial charge in [0.15, 0.2) is 0 Å². The van der Waals surface area contributed by atoms with Gasteiger partial charge in [-0.1, -0.05) is 22.6 Å². The van der Waals surface area contributed by atoms with Crippen LogP contribution in [-0.4, -0.2) is 11.1 Å². The van der Waals surface area contributed by atoms with Crippen LogP contribution in [0.1, 0.15) is 0 Å². The molecule has 0 saturated heterocycles. The molecule has 6 heavy (non-hydrogen) atoms. The number of halogens is 1. The monoisotopic (exact) mass is 198 g/mol. The Labute approximate surface area is 49.0 Å². The van der Waals surface area contributed by atoms with E-state index >= 15 is 0 Å². The van der Waals surface area contributed by atoms with Gasteiger partial charge in [0.05, 0.1) is 0 Å². The highest BCUT2D eigenvalue weighted by Crippen LogP contribution is 1.80. The molecule has 0 unspecified atom stereocenters. The lowest BCUT2D eigenvalue weighted by Gasteiger charge is -1.67. The zero-order valence-electron chi connectivity index (χ0n) is 2.89. The fraction of sp³-hybridized carbons (Fsp3) is 0. The number of carboxylic acids is 1. The standard InChI is InChI=1S/C3H3IO2/c4-2-1-3(5)6/h1-2H,(H,5,6). The summed E-state index contributed by atoms with van der Waals surface area (Å²) in [5.74, 6) is -0.899. The fourth-order valence-electron chi connectivity index (χ4n) is 0.0539. The quantitative estimate of drug-likeness (QED) is 0.504. The summed E-state index contributed by atoms with van der Waals surface area (Å²) in [6, 6.07) is 0. The minimum atomic E-state index is -0.899. The molecule has 0 saturated carbocycles. The fourth-order valence-corrected chi connectivity index (χ4v) is 0.361. The van der Waals surface area contributed by atoms with Crippen molar-refractivity contribution in [2.24, 2.45) is 0 Å². The Morgan fingerprint density at radius 1 is 1.83 bits per heavy atom. The zero-order chi connectivity index (χ0) is 4.99. The van der Waals surface area contributed by atoms with Crippen molar-refractivity contribution in [3.63, 3.8) is 0 Å². The van der Waals surface area contributed by atoms with E-state index in [0.717, 1.165) is 6.08 Å². The second kappa shape index (κ2) is 3.14. The molecule has 0 aromatic rings. The van der Waals surface area contributed by atoms with Crippen LogP contribution in [0.5, 0.6) is 0 Å². The zero-order valence-corrected chi connectivity index (χ0v) is 5.05. The molecule has 1 N–H and O–H groups in total. The molecule has 0 radical (unpaired) electrons. The molecule has 0 fully saturated rings. The molecule has 34 valence electrons. The molecule has 0 heterocycles. The minimum absolute atomic E-state index is 0.899. The summed E-state index contributed by atoms with van der Waals surface area (Å²) in [4.78, 5) is 9.51. The van der Waals surface area contributed by atoms with Crippen molar-refractivity contribution in [1.82, 2.24) is 0 Å². The van der Waals surface area contributed by atoms with E-state index in [9.17, 15) is 4.79 Å². The van der Waals surface area contributed by atoms with Crippen LogP contribution in [0.15, 0.2) is 10.2 Å². The van der Waals surface area contributed by atoms with Crippen molar-refractivity contribution < 1.29 is 9.90 Å². The predicted octanol–water partition coefficient (Wildman–Crippen LogP) is 1.02. The van der Waals surface area contributed by atoms with Gasteiger partial charge in [-0.3, -0.25) is 0 Å². The molecule has 0 aromatic carbocycles. The second-order valence-corrected chi connectivity index (χ2v) is 1.35. The number of hydrogen-bond acceptors (Lipinski definition) is 1. The second-order valence-electron chi connectivity index (χ2n) is 0.631. The SMILES string of the molecule is O=C(O)C=CI. The molecule has 0 atom stereocenters. The Hall–Kier alpha value is -0.0600. The highest BCUT2D eigenvalue weighted by Gasteiger charge is 1.77. The average molecular weight is 198 g/mol. The molecule has 0 aliphatic heterocycles. The molecule has 0 rings (SSSR count). The normalized spacial score (nSPS) is 9.50. The van der Waals surface area contributed by atoms with E-state index in [1.54, 1.807) is 0 Å². The molecule has 0 aliphatic rings. The lowest BCUT2D eigenvalue weighted by molar-refractivity contribution is -0.131. The van der Waals surface area contributed by atoms with Crippen molar-refractivity contribution in [3.05, 3.63) is 10.2 Å². The van der Waals surface area contributed by atoms with Gasteiger partial charge in [0.2, 0.25) is 0 Å². The number of aliphatic carboxylic acids is 1. The number of hydrogen-bond donors (Lipinski definition) is 1. The van der Waals surface area contributed by atoms with Gasteiger partial charge < -0.3 is 5.11 Å². The Balaban J connectivity index is 3.30. The molecule has 0 amide bonds. The summed E-state index contributed by atoms with van der Waals surface area (Å²) in [6.07, 6.45) is 1.07. The number of rotatable bonds is 1. The summed E-state index contributed by atoms with van der Waals surface area (Å²) in [5, 5.41) is 7.82. The Bertz CT molecular complexity index is 76.9. The van der Waals surface area contributed by atoms with Crippen molar-refractivity contribution >= 4 is 28.6 Å². The van der Waals surface area contributed by atoms with Crippen molar-refractivity contribution in [2.45, 2.75) is 0 Å².